The molecule has 1 atom stereocenters. The fourth-order valence-corrected chi connectivity index (χ4v) is 1.79. The summed E-state index contributed by atoms with van der Waals surface area (Å²) >= 11 is 11.8. The highest BCUT2D eigenvalue weighted by Gasteiger charge is 2.13. The smallest absolute Gasteiger partial charge is 0.251 e. The Balaban J connectivity index is 2.73. The van der Waals surface area contributed by atoms with Gasteiger partial charge in [0.1, 0.15) is 0 Å². The topological polar surface area (TPSA) is 55.1 Å². The number of carbonyl (C=O) groups excluding carboxylic acids is 1. The molecule has 1 aromatic carbocycles. The molecule has 1 amide bonds. The van der Waals surface area contributed by atoms with Crippen LogP contribution in [0.2, 0.25) is 10.0 Å². The molecule has 0 aliphatic rings. The molecule has 0 aromatic heterocycles. The van der Waals surface area contributed by atoms with E-state index in [0.717, 1.165) is 0 Å². The fourth-order valence-electron chi connectivity index (χ4n) is 1.31. The summed E-state index contributed by atoms with van der Waals surface area (Å²) in [5.74, 6) is 0.740. The molecule has 0 bridgehead atoms. The predicted molar refractivity (Wildman–Crippen MR) is 77.2 cm³/mol. The zero-order chi connectivity index (χ0) is 13.9. The average molecular weight is 289 g/mol. The molecule has 1 rings (SSSR count). The van der Waals surface area contributed by atoms with Crippen molar-refractivity contribution in [3.8, 4) is 0 Å². The van der Waals surface area contributed by atoms with E-state index in [2.05, 4.69) is 26.1 Å². The lowest BCUT2D eigenvalue weighted by atomic mass is 9.98. The summed E-state index contributed by atoms with van der Waals surface area (Å²) in [5, 5.41) is 3.45. The summed E-state index contributed by atoms with van der Waals surface area (Å²) < 4.78 is 0. The van der Waals surface area contributed by atoms with Crippen LogP contribution >= 0.6 is 23.2 Å². The molecule has 0 aliphatic heterocycles. The van der Waals surface area contributed by atoms with Gasteiger partial charge in [-0.3, -0.25) is 4.79 Å². The Morgan fingerprint density at radius 2 is 1.78 bits per heavy atom. The first-order valence-corrected chi connectivity index (χ1v) is 6.61. The van der Waals surface area contributed by atoms with Crippen LogP contribution in [0, 0.1) is 11.8 Å². The van der Waals surface area contributed by atoms with Crippen LogP contribution in [0.25, 0.3) is 0 Å². The van der Waals surface area contributed by atoms with Crippen molar-refractivity contribution >= 4 is 34.8 Å². The van der Waals surface area contributed by atoms with Crippen LogP contribution in [-0.4, -0.2) is 12.5 Å². The van der Waals surface area contributed by atoms with Gasteiger partial charge in [-0.1, -0.05) is 44.0 Å². The highest BCUT2D eigenvalue weighted by molar-refractivity contribution is 6.39. The van der Waals surface area contributed by atoms with Gasteiger partial charge in [-0.15, -0.1) is 0 Å². The lowest BCUT2D eigenvalue weighted by Gasteiger charge is -2.16. The number of rotatable bonds is 4. The number of hydrogen-bond donors (Lipinski definition) is 2. The average Bonchev–Trinajstić information content (AvgIpc) is 2.31. The largest absolute Gasteiger partial charge is 0.396 e. The molecular formula is C13H18Cl2N2O. The van der Waals surface area contributed by atoms with E-state index in [1.807, 2.05) is 0 Å². The van der Waals surface area contributed by atoms with Crippen molar-refractivity contribution in [2.75, 3.05) is 12.3 Å². The monoisotopic (exact) mass is 288 g/mol. The second-order valence-corrected chi connectivity index (χ2v) is 5.60. The van der Waals surface area contributed by atoms with Crippen LogP contribution in [0.5, 0.6) is 0 Å². The first-order chi connectivity index (χ1) is 8.32. The second kappa shape index (κ2) is 6.30. The van der Waals surface area contributed by atoms with Gasteiger partial charge in [-0.2, -0.15) is 0 Å². The maximum atomic E-state index is 11.9. The van der Waals surface area contributed by atoms with Crippen molar-refractivity contribution in [2.24, 2.45) is 11.8 Å². The first kappa shape index (κ1) is 15.1. The Morgan fingerprint density at radius 1 is 1.28 bits per heavy atom. The molecule has 5 heteroatoms. The summed E-state index contributed by atoms with van der Waals surface area (Å²) in [5.41, 5.74) is 6.34. The van der Waals surface area contributed by atoms with E-state index in [9.17, 15) is 4.79 Å². The van der Waals surface area contributed by atoms with Crippen molar-refractivity contribution in [1.29, 1.82) is 0 Å². The quantitative estimate of drug-likeness (QED) is 0.832. The number of nitrogens with one attached hydrogen (secondary N) is 1. The summed E-state index contributed by atoms with van der Waals surface area (Å²) in [6, 6.07) is 3.05. The van der Waals surface area contributed by atoms with Crippen LogP contribution in [0.15, 0.2) is 12.1 Å². The summed E-state index contributed by atoms with van der Waals surface area (Å²) in [4.78, 5) is 11.9. The number of benzene rings is 1. The van der Waals surface area contributed by atoms with Gasteiger partial charge in [0, 0.05) is 12.1 Å². The van der Waals surface area contributed by atoms with Crippen molar-refractivity contribution in [1.82, 2.24) is 5.32 Å². The Kier molecular flexibility index (Phi) is 5.29. The Labute approximate surface area is 118 Å². The van der Waals surface area contributed by atoms with Crippen molar-refractivity contribution in [2.45, 2.75) is 20.8 Å². The normalized spacial score (nSPS) is 12.6. The molecule has 0 saturated carbocycles. The van der Waals surface area contributed by atoms with E-state index in [-0.39, 0.29) is 5.91 Å². The number of amides is 1. The molecule has 0 heterocycles. The van der Waals surface area contributed by atoms with Gasteiger partial charge in [-0.25, -0.2) is 0 Å². The maximum Gasteiger partial charge on any atom is 0.251 e. The Hall–Kier alpha value is -0.930. The van der Waals surface area contributed by atoms with Gasteiger partial charge in [0.15, 0.2) is 0 Å². The summed E-state index contributed by atoms with van der Waals surface area (Å²) in [6.45, 7) is 6.95. The van der Waals surface area contributed by atoms with Crippen molar-refractivity contribution < 1.29 is 4.79 Å². The third-order valence-corrected chi connectivity index (χ3v) is 3.69. The van der Waals surface area contributed by atoms with Gasteiger partial charge >= 0.3 is 0 Å². The van der Waals surface area contributed by atoms with E-state index in [1.54, 1.807) is 0 Å². The van der Waals surface area contributed by atoms with E-state index in [0.29, 0.717) is 39.7 Å². The third kappa shape index (κ3) is 3.79. The number of hydrogen-bond acceptors (Lipinski definition) is 2. The molecule has 3 nitrogen and oxygen atoms in total. The summed E-state index contributed by atoms with van der Waals surface area (Å²) in [7, 11) is 0. The second-order valence-electron chi connectivity index (χ2n) is 4.78. The fraction of sp³-hybridized carbons (Fsp3) is 0.462. The van der Waals surface area contributed by atoms with Crippen LogP contribution in [-0.2, 0) is 0 Å². The standard InChI is InChI=1S/C13H18Cl2N2O/c1-7(2)8(3)6-17-13(18)9-4-10(14)12(16)11(15)5-9/h4-5,7-8H,6,16H2,1-3H3,(H,17,18). The Bertz CT molecular complexity index is 424. The maximum absolute atomic E-state index is 11.9. The van der Waals surface area contributed by atoms with Gasteiger partial charge in [-0.05, 0) is 24.0 Å². The SMILES string of the molecule is CC(C)C(C)CNC(=O)c1cc(Cl)c(N)c(Cl)c1. The predicted octanol–water partition coefficient (Wildman–Crippen LogP) is 3.60. The van der Waals surface area contributed by atoms with Crippen LogP contribution in [0.1, 0.15) is 31.1 Å². The van der Waals surface area contributed by atoms with Crippen molar-refractivity contribution in [3.63, 3.8) is 0 Å². The van der Waals surface area contributed by atoms with E-state index >= 15 is 0 Å². The minimum atomic E-state index is -0.189. The molecule has 1 aromatic rings. The molecule has 1 unspecified atom stereocenters. The Morgan fingerprint density at radius 3 is 2.22 bits per heavy atom. The molecule has 0 fully saturated rings. The molecule has 100 valence electrons. The molecule has 0 saturated heterocycles. The highest BCUT2D eigenvalue weighted by atomic mass is 35.5. The van der Waals surface area contributed by atoms with Crippen molar-refractivity contribution in [3.05, 3.63) is 27.7 Å². The van der Waals surface area contributed by atoms with E-state index in [1.165, 1.54) is 12.1 Å². The number of carbonyl (C=O) groups is 1. The van der Waals surface area contributed by atoms with Gasteiger partial charge < -0.3 is 11.1 Å². The van der Waals surface area contributed by atoms with E-state index < -0.39 is 0 Å². The molecule has 3 N–H and O–H groups in total. The molecular weight excluding hydrogens is 271 g/mol. The van der Waals surface area contributed by atoms with Gasteiger partial charge in [0.05, 0.1) is 15.7 Å². The number of anilines is 1. The molecule has 18 heavy (non-hydrogen) atoms. The zero-order valence-electron chi connectivity index (χ0n) is 10.8. The van der Waals surface area contributed by atoms with Crippen LogP contribution in [0.4, 0.5) is 5.69 Å². The zero-order valence-corrected chi connectivity index (χ0v) is 12.3. The lowest BCUT2D eigenvalue weighted by Crippen LogP contribution is -2.30. The highest BCUT2D eigenvalue weighted by Crippen LogP contribution is 2.28. The van der Waals surface area contributed by atoms with Crippen LogP contribution in [0.3, 0.4) is 0 Å². The number of halogens is 2. The van der Waals surface area contributed by atoms with E-state index in [4.69, 9.17) is 28.9 Å². The van der Waals surface area contributed by atoms with Gasteiger partial charge in [0.25, 0.3) is 5.91 Å². The number of nitrogen functional groups attached to an aromatic ring is 1. The lowest BCUT2D eigenvalue weighted by molar-refractivity contribution is 0.0945. The minimum absolute atomic E-state index is 0.189. The molecule has 0 spiro atoms. The number of nitrogens with two attached hydrogens (primary N) is 1. The minimum Gasteiger partial charge on any atom is -0.396 e. The van der Waals surface area contributed by atoms with Gasteiger partial charge in [0.2, 0.25) is 0 Å². The molecule has 0 aliphatic carbocycles. The third-order valence-electron chi connectivity index (χ3n) is 3.06. The molecule has 0 radical (unpaired) electrons. The first-order valence-electron chi connectivity index (χ1n) is 5.85. The van der Waals surface area contributed by atoms with Crippen LogP contribution < -0.4 is 11.1 Å². The summed E-state index contributed by atoms with van der Waals surface area (Å²) in [6.07, 6.45) is 0.